The number of ether oxygens (including phenoxy) is 1. The molecule has 0 aliphatic heterocycles. The summed E-state index contributed by atoms with van der Waals surface area (Å²) in [7, 11) is 0. The van der Waals surface area contributed by atoms with Crippen LogP contribution >= 0.6 is 0 Å². The van der Waals surface area contributed by atoms with Crippen molar-refractivity contribution in [2.24, 2.45) is 5.73 Å². The molecule has 0 aliphatic carbocycles. The minimum Gasteiger partial charge on any atom is -0.489 e. The van der Waals surface area contributed by atoms with Gasteiger partial charge >= 0.3 is 6.18 Å². The molecule has 2 nitrogen and oxygen atoms in total. The lowest BCUT2D eigenvalue weighted by atomic mass is 10.1. The molecular formula is C16H16F3NO. The van der Waals surface area contributed by atoms with Crippen molar-refractivity contribution < 1.29 is 17.9 Å². The lowest BCUT2D eigenvalue weighted by Gasteiger charge is -2.11. The average Bonchev–Trinajstić information content (AvgIpc) is 2.45. The summed E-state index contributed by atoms with van der Waals surface area (Å²) >= 11 is 0. The molecule has 0 spiro atoms. The van der Waals surface area contributed by atoms with Crippen LogP contribution < -0.4 is 10.5 Å². The van der Waals surface area contributed by atoms with E-state index >= 15 is 0 Å². The Labute approximate surface area is 121 Å². The van der Waals surface area contributed by atoms with Crippen LogP contribution in [-0.4, -0.2) is 0 Å². The van der Waals surface area contributed by atoms with Crippen molar-refractivity contribution in [2.45, 2.75) is 25.7 Å². The van der Waals surface area contributed by atoms with Crippen LogP contribution in [0.15, 0.2) is 48.5 Å². The van der Waals surface area contributed by atoms with Gasteiger partial charge < -0.3 is 10.5 Å². The van der Waals surface area contributed by atoms with E-state index in [-0.39, 0.29) is 12.6 Å². The molecule has 1 atom stereocenters. The number of alkyl halides is 3. The normalized spacial score (nSPS) is 13.0. The molecule has 2 aromatic carbocycles. The largest absolute Gasteiger partial charge is 0.489 e. The van der Waals surface area contributed by atoms with Crippen molar-refractivity contribution >= 4 is 0 Å². The Balaban J connectivity index is 2.03. The van der Waals surface area contributed by atoms with Gasteiger partial charge in [0, 0.05) is 6.04 Å². The lowest BCUT2D eigenvalue weighted by Crippen LogP contribution is -2.06. The average molecular weight is 295 g/mol. The van der Waals surface area contributed by atoms with E-state index in [1.54, 1.807) is 18.2 Å². The molecule has 2 aromatic rings. The number of hydrogen-bond donors (Lipinski definition) is 1. The summed E-state index contributed by atoms with van der Waals surface area (Å²) in [5, 5.41) is 0. The fourth-order valence-corrected chi connectivity index (χ4v) is 1.87. The summed E-state index contributed by atoms with van der Waals surface area (Å²) in [6.07, 6.45) is -4.34. The van der Waals surface area contributed by atoms with Crippen LogP contribution in [0.5, 0.6) is 5.75 Å². The van der Waals surface area contributed by atoms with Gasteiger partial charge in [0.2, 0.25) is 0 Å². The molecule has 0 saturated heterocycles. The molecule has 2 N–H and O–H groups in total. The summed E-state index contributed by atoms with van der Waals surface area (Å²) in [6, 6.07) is 12.2. The summed E-state index contributed by atoms with van der Waals surface area (Å²) in [4.78, 5) is 0. The SMILES string of the molecule is CC(N)c1ccc(OCc2cccc(C(F)(F)F)c2)cc1. The molecule has 21 heavy (non-hydrogen) atoms. The minimum absolute atomic E-state index is 0.0671. The van der Waals surface area contributed by atoms with E-state index in [0.717, 1.165) is 17.7 Å². The fraction of sp³-hybridized carbons (Fsp3) is 0.250. The number of halogens is 3. The van der Waals surface area contributed by atoms with E-state index in [4.69, 9.17) is 10.5 Å². The van der Waals surface area contributed by atoms with Crippen LogP contribution in [0.3, 0.4) is 0 Å². The zero-order valence-corrected chi connectivity index (χ0v) is 11.5. The van der Waals surface area contributed by atoms with Gasteiger partial charge in [0.05, 0.1) is 5.56 Å². The second-order valence-corrected chi connectivity index (χ2v) is 4.84. The molecular weight excluding hydrogens is 279 g/mol. The van der Waals surface area contributed by atoms with Gasteiger partial charge in [0.15, 0.2) is 0 Å². The minimum atomic E-state index is -4.34. The predicted octanol–water partition coefficient (Wildman–Crippen LogP) is 4.30. The first-order chi connectivity index (χ1) is 9.86. The number of rotatable bonds is 4. The molecule has 0 amide bonds. The predicted molar refractivity (Wildman–Crippen MR) is 74.8 cm³/mol. The molecule has 0 aliphatic rings. The third-order valence-electron chi connectivity index (χ3n) is 3.07. The van der Waals surface area contributed by atoms with Gasteiger partial charge in [0.1, 0.15) is 12.4 Å². The Kier molecular flexibility index (Phi) is 4.53. The second kappa shape index (κ2) is 6.18. The maximum Gasteiger partial charge on any atom is 0.416 e. The van der Waals surface area contributed by atoms with Crippen LogP contribution in [0, 0.1) is 0 Å². The Morgan fingerprint density at radius 3 is 2.33 bits per heavy atom. The summed E-state index contributed by atoms with van der Waals surface area (Å²) in [6.45, 7) is 1.96. The highest BCUT2D eigenvalue weighted by molar-refractivity contribution is 5.30. The van der Waals surface area contributed by atoms with Crippen LogP contribution in [0.2, 0.25) is 0 Å². The first-order valence-electron chi connectivity index (χ1n) is 6.51. The molecule has 112 valence electrons. The number of nitrogens with two attached hydrogens (primary N) is 1. The first kappa shape index (κ1) is 15.4. The molecule has 2 rings (SSSR count). The highest BCUT2D eigenvalue weighted by Gasteiger charge is 2.30. The standard InChI is InChI=1S/C16H16F3NO/c1-11(20)13-5-7-15(8-6-13)21-10-12-3-2-4-14(9-12)16(17,18)19/h2-9,11H,10,20H2,1H3. The van der Waals surface area contributed by atoms with Gasteiger partial charge in [-0.15, -0.1) is 0 Å². The van der Waals surface area contributed by atoms with Crippen molar-refractivity contribution in [1.29, 1.82) is 0 Å². The summed E-state index contributed by atoms with van der Waals surface area (Å²) < 4.78 is 43.3. The highest BCUT2D eigenvalue weighted by Crippen LogP contribution is 2.29. The maximum atomic E-state index is 12.6. The van der Waals surface area contributed by atoms with Gasteiger partial charge in [0.25, 0.3) is 0 Å². The Bertz CT molecular complexity index is 591. The molecule has 5 heteroatoms. The lowest BCUT2D eigenvalue weighted by molar-refractivity contribution is -0.137. The Hall–Kier alpha value is -2.01. The molecule has 1 unspecified atom stereocenters. The highest BCUT2D eigenvalue weighted by atomic mass is 19.4. The van der Waals surface area contributed by atoms with Crippen molar-refractivity contribution in [3.05, 3.63) is 65.2 Å². The molecule has 0 heterocycles. The van der Waals surface area contributed by atoms with Crippen molar-refractivity contribution in [3.63, 3.8) is 0 Å². The summed E-state index contributed by atoms with van der Waals surface area (Å²) in [5.74, 6) is 0.594. The first-order valence-corrected chi connectivity index (χ1v) is 6.51. The zero-order valence-electron chi connectivity index (χ0n) is 11.5. The zero-order chi connectivity index (χ0) is 15.5. The van der Waals surface area contributed by atoms with E-state index < -0.39 is 11.7 Å². The van der Waals surface area contributed by atoms with Crippen molar-refractivity contribution in [3.8, 4) is 5.75 Å². The molecule has 0 aromatic heterocycles. The monoisotopic (exact) mass is 295 g/mol. The van der Waals surface area contributed by atoms with Gasteiger partial charge in [-0.3, -0.25) is 0 Å². The van der Waals surface area contributed by atoms with E-state index in [0.29, 0.717) is 11.3 Å². The van der Waals surface area contributed by atoms with Crippen molar-refractivity contribution in [1.82, 2.24) is 0 Å². The Morgan fingerprint density at radius 1 is 1.10 bits per heavy atom. The smallest absolute Gasteiger partial charge is 0.416 e. The number of hydrogen-bond acceptors (Lipinski definition) is 2. The number of benzene rings is 2. The van der Waals surface area contributed by atoms with Crippen LogP contribution in [0.25, 0.3) is 0 Å². The third-order valence-corrected chi connectivity index (χ3v) is 3.07. The van der Waals surface area contributed by atoms with E-state index in [2.05, 4.69) is 0 Å². The van der Waals surface area contributed by atoms with Crippen molar-refractivity contribution in [2.75, 3.05) is 0 Å². The van der Waals surface area contributed by atoms with Crippen LogP contribution in [-0.2, 0) is 12.8 Å². The van der Waals surface area contributed by atoms with E-state index in [1.165, 1.54) is 6.07 Å². The van der Waals surface area contributed by atoms with Crippen LogP contribution in [0.1, 0.15) is 29.7 Å². The quantitative estimate of drug-likeness (QED) is 0.912. The maximum absolute atomic E-state index is 12.6. The second-order valence-electron chi connectivity index (χ2n) is 4.84. The third kappa shape index (κ3) is 4.23. The van der Waals surface area contributed by atoms with Gasteiger partial charge in [-0.25, -0.2) is 0 Å². The van der Waals surface area contributed by atoms with E-state index in [9.17, 15) is 13.2 Å². The topological polar surface area (TPSA) is 35.2 Å². The van der Waals surface area contributed by atoms with Crippen LogP contribution in [0.4, 0.5) is 13.2 Å². The van der Waals surface area contributed by atoms with Gasteiger partial charge in [-0.2, -0.15) is 13.2 Å². The van der Waals surface area contributed by atoms with Gasteiger partial charge in [-0.05, 0) is 42.3 Å². The molecule has 0 radical (unpaired) electrons. The molecule has 0 saturated carbocycles. The van der Waals surface area contributed by atoms with E-state index in [1.807, 2.05) is 19.1 Å². The molecule has 0 fully saturated rings. The van der Waals surface area contributed by atoms with Gasteiger partial charge in [-0.1, -0.05) is 24.3 Å². The summed E-state index contributed by atoms with van der Waals surface area (Å²) in [5.41, 5.74) is 6.52. The molecule has 0 bridgehead atoms. The Morgan fingerprint density at radius 2 is 1.76 bits per heavy atom. The fourth-order valence-electron chi connectivity index (χ4n) is 1.87.